The molecule has 1 aromatic heterocycles. The molecule has 0 saturated carbocycles. The number of nitrogens with two attached hydrogens (primary N) is 1. The maximum atomic E-state index is 5.82. The fourth-order valence-electron chi connectivity index (χ4n) is 2.35. The van der Waals surface area contributed by atoms with Crippen LogP contribution in [0.25, 0.3) is 0 Å². The average Bonchev–Trinajstić information content (AvgIpc) is 2.73. The SMILES string of the molecule is Cc1nc(C)c(CN2CCC(C)(CN)C2)s1. The van der Waals surface area contributed by atoms with E-state index in [2.05, 4.69) is 30.7 Å². The molecule has 1 atom stereocenters. The number of aryl methyl sites for hydroxylation is 2. The van der Waals surface area contributed by atoms with Crippen molar-refractivity contribution in [2.24, 2.45) is 11.1 Å². The molecule has 0 aromatic carbocycles. The summed E-state index contributed by atoms with van der Waals surface area (Å²) in [4.78, 5) is 8.40. The third kappa shape index (κ3) is 2.44. The van der Waals surface area contributed by atoms with Crippen LogP contribution >= 0.6 is 11.3 Å². The lowest BCUT2D eigenvalue weighted by Crippen LogP contribution is -2.31. The quantitative estimate of drug-likeness (QED) is 0.876. The fourth-order valence-corrected chi connectivity index (χ4v) is 3.33. The van der Waals surface area contributed by atoms with Gasteiger partial charge < -0.3 is 5.73 Å². The molecule has 1 unspecified atom stereocenters. The molecule has 1 fully saturated rings. The number of hydrogen-bond donors (Lipinski definition) is 1. The zero-order chi connectivity index (χ0) is 11.8. The topological polar surface area (TPSA) is 42.2 Å². The Morgan fingerprint density at radius 1 is 1.50 bits per heavy atom. The smallest absolute Gasteiger partial charge is 0.0900 e. The normalized spacial score (nSPS) is 26.5. The Morgan fingerprint density at radius 2 is 2.25 bits per heavy atom. The van der Waals surface area contributed by atoms with Crippen LogP contribution in [0.2, 0.25) is 0 Å². The molecule has 1 aromatic rings. The molecule has 0 radical (unpaired) electrons. The predicted octanol–water partition coefficient (Wildman–Crippen LogP) is 1.93. The Bertz CT molecular complexity index is 374. The van der Waals surface area contributed by atoms with Crippen molar-refractivity contribution >= 4 is 11.3 Å². The van der Waals surface area contributed by atoms with Gasteiger partial charge in [0, 0.05) is 18.0 Å². The number of rotatable bonds is 3. The molecule has 1 saturated heterocycles. The van der Waals surface area contributed by atoms with Gasteiger partial charge in [0.25, 0.3) is 0 Å². The van der Waals surface area contributed by atoms with Crippen LogP contribution in [-0.4, -0.2) is 29.5 Å². The molecule has 0 bridgehead atoms. The Morgan fingerprint density at radius 3 is 2.75 bits per heavy atom. The molecule has 0 spiro atoms. The van der Waals surface area contributed by atoms with Crippen LogP contribution in [0.4, 0.5) is 0 Å². The van der Waals surface area contributed by atoms with Crippen molar-refractivity contribution in [3.8, 4) is 0 Å². The number of likely N-dealkylation sites (tertiary alicyclic amines) is 1. The van der Waals surface area contributed by atoms with E-state index in [9.17, 15) is 0 Å². The highest BCUT2D eigenvalue weighted by Crippen LogP contribution is 2.30. The van der Waals surface area contributed by atoms with Crippen molar-refractivity contribution in [3.63, 3.8) is 0 Å². The van der Waals surface area contributed by atoms with Crippen molar-refractivity contribution in [2.75, 3.05) is 19.6 Å². The van der Waals surface area contributed by atoms with E-state index in [4.69, 9.17) is 5.73 Å². The van der Waals surface area contributed by atoms with Gasteiger partial charge in [0.05, 0.1) is 10.7 Å². The van der Waals surface area contributed by atoms with Gasteiger partial charge in [0.1, 0.15) is 0 Å². The first kappa shape index (κ1) is 12.0. The van der Waals surface area contributed by atoms with E-state index in [1.54, 1.807) is 0 Å². The third-order valence-corrected chi connectivity index (χ3v) is 4.55. The number of thiazole rings is 1. The summed E-state index contributed by atoms with van der Waals surface area (Å²) >= 11 is 1.82. The summed E-state index contributed by atoms with van der Waals surface area (Å²) in [5.74, 6) is 0. The molecular weight excluding hydrogens is 218 g/mol. The van der Waals surface area contributed by atoms with E-state index in [0.29, 0.717) is 5.41 Å². The fraction of sp³-hybridized carbons (Fsp3) is 0.750. The van der Waals surface area contributed by atoms with E-state index in [0.717, 1.165) is 19.6 Å². The molecule has 2 heterocycles. The highest BCUT2D eigenvalue weighted by Gasteiger charge is 2.32. The van der Waals surface area contributed by atoms with E-state index >= 15 is 0 Å². The molecule has 90 valence electrons. The van der Waals surface area contributed by atoms with Gasteiger partial charge in [0.2, 0.25) is 0 Å². The molecular formula is C12H21N3S. The van der Waals surface area contributed by atoms with Crippen LogP contribution in [0.1, 0.15) is 28.9 Å². The zero-order valence-corrected chi connectivity index (χ0v) is 11.2. The van der Waals surface area contributed by atoms with E-state index in [-0.39, 0.29) is 0 Å². The first-order chi connectivity index (χ1) is 7.52. The second-order valence-electron chi connectivity index (χ2n) is 5.22. The van der Waals surface area contributed by atoms with Crippen molar-refractivity contribution in [1.82, 2.24) is 9.88 Å². The summed E-state index contributed by atoms with van der Waals surface area (Å²) in [6.07, 6.45) is 1.22. The Balaban J connectivity index is 1.99. The predicted molar refractivity (Wildman–Crippen MR) is 68.6 cm³/mol. The Kier molecular flexibility index (Phi) is 3.33. The standard InChI is InChI=1S/C12H21N3S/c1-9-11(16-10(2)14-9)6-15-5-4-12(3,7-13)8-15/h4-8,13H2,1-3H3. The van der Waals surface area contributed by atoms with Gasteiger partial charge in [-0.1, -0.05) is 6.92 Å². The minimum atomic E-state index is 0.327. The van der Waals surface area contributed by atoms with E-state index in [1.165, 1.54) is 28.5 Å². The summed E-state index contributed by atoms with van der Waals surface area (Å²) < 4.78 is 0. The molecule has 3 nitrogen and oxygen atoms in total. The lowest BCUT2D eigenvalue weighted by Gasteiger charge is -2.22. The molecule has 2 N–H and O–H groups in total. The van der Waals surface area contributed by atoms with Crippen molar-refractivity contribution in [2.45, 2.75) is 33.7 Å². The van der Waals surface area contributed by atoms with E-state index < -0.39 is 0 Å². The summed E-state index contributed by atoms with van der Waals surface area (Å²) in [6, 6.07) is 0. The highest BCUT2D eigenvalue weighted by atomic mass is 32.1. The zero-order valence-electron chi connectivity index (χ0n) is 10.4. The minimum absolute atomic E-state index is 0.327. The number of nitrogens with zero attached hydrogens (tertiary/aromatic N) is 2. The average molecular weight is 239 g/mol. The molecule has 0 aliphatic carbocycles. The first-order valence-electron chi connectivity index (χ1n) is 5.88. The van der Waals surface area contributed by atoms with Gasteiger partial charge >= 0.3 is 0 Å². The van der Waals surface area contributed by atoms with Crippen LogP contribution in [0.15, 0.2) is 0 Å². The van der Waals surface area contributed by atoms with Crippen LogP contribution in [0.3, 0.4) is 0 Å². The van der Waals surface area contributed by atoms with Crippen molar-refractivity contribution < 1.29 is 0 Å². The van der Waals surface area contributed by atoms with Gasteiger partial charge in [0.15, 0.2) is 0 Å². The maximum Gasteiger partial charge on any atom is 0.0900 e. The van der Waals surface area contributed by atoms with Gasteiger partial charge in [-0.2, -0.15) is 0 Å². The van der Waals surface area contributed by atoms with Gasteiger partial charge in [-0.3, -0.25) is 4.90 Å². The van der Waals surface area contributed by atoms with Crippen LogP contribution < -0.4 is 5.73 Å². The summed E-state index contributed by atoms with van der Waals surface area (Å²) in [5.41, 5.74) is 7.35. The van der Waals surface area contributed by atoms with Gasteiger partial charge in [-0.25, -0.2) is 4.98 Å². The molecule has 16 heavy (non-hydrogen) atoms. The second kappa shape index (κ2) is 4.43. The second-order valence-corrected chi connectivity index (χ2v) is 6.50. The van der Waals surface area contributed by atoms with Crippen molar-refractivity contribution in [1.29, 1.82) is 0 Å². The summed E-state index contributed by atoms with van der Waals surface area (Å²) in [7, 11) is 0. The monoisotopic (exact) mass is 239 g/mol. The lowest BCUT2D eigenvalue weighted by atomic mass is 9.90. The van der Waals surface area contributed by atoms with Gasteiger partial charge in [-0.05, 0) is 38.8 Å². The molecule has 1 aliphatic heterocycles. The molecule has 4 heteroatoms. The van der Waals surface area contributed by atoms with E-state index in [1.807, 2.05) is 11.3 Å². The first-order valence-corrected chi connectivity index (χ1v) is 6.69. The van der Waals surface area contributed by atoms with Crippen molar-refractivity contribution in [3.05, 3.63) is 15.6 Å². The molecule has 0 amide bonds. The summed E-state index contributed by atoms with van der Waals surface area (Å²) in [5, 5.41) is 1.17. The third-order valence-electron chi connectivity index (χ3n) is 3.50. The maximum absolute atomic E-state index is 5.82. The largest absolute Gasteiger partial charge is 0.330 e. The summed E-state index contributed by atoms with van der Waals surface area (Å²) in [6.45, 7) is 10.6. The lowest BCUT2D eigenvalue weighted by molar-refractivity contribution is 0.276. The molecule has 1 aliphatic rings. The minimum Gasteiger partial charge on any atom is -0.330 e. The van der Waals surface area contributed by atoms with Gasteiger partial charge in [-0.15, -0.1) is 11.3 Å². The Hall–Kier alpha value is -0.450. The van der Waals surface area contributed by atoms with Crippen LogP contribution in [-0.2, 0) is 6.54 Å². The Labute approximate surface area is 102 Å². The number of hydrogen-bond acceptors (Lipinski definition) is 4. The molecule has 2 rings (SSSR count). The van der Waals surface area contributed by atoms with Crippen LogP contribution in [0, 0.1) is 19.3 Å². The van der Waals surface area contributed by atoms with Crippen LogP contribution in [0.5, 0.6) is 0 Å². The highest BCUT2D eigenvalue weighted by molar-refractivity contribution is 7.11. The number of aromatic nitrogens is 1.